The van der Waals surface area contributed by atoms with Crippen molar-refractivity contribution < 1.29 is 14.0 Å². The molecule has 23 heavy (non-hydrogen) atoms. The maximum atomic E-state index is 12.4. The van der Waals surface area contributed by atoms with E-state index in [0.29, 0.717) is 13.2 Å². The lowest BCUT2D eigenvalue weighted by atomic mass is 10.1. The maximum Gasteiger partial charge on any atom is 0.410 e. The Balaban J connectivity index is 2.62. The van der Waals surface area contributed by atoms with Gasteiger partial charge in [0.25, 0.3) is 0 Å². The van der Waals surface area contributed by atoms with Gasteiger partial charge in [-0.25, -0.2) is 4.79 Å². The molecule has 1 aliphatic heterocycles. The quantitative estimate of drug-likeness (QED) is 0.795. The standard InChI is InChI=1S/C17H36N2O3Si/c1-13-10-18-14(12-21-23(8,9)17(5,6)7)11-19(13)15(20)22-16(2,3)4/h13-14,18H,10-12H2,1-9H3/t13-,14-/m1/s1. The molecule has 1 heterocycles. The highest BCUT2D eigenvalue weighted by molar-refractivity contribution is 6.74. The first kappa shape index (κ1) is 20.5. The van der Waals surface area contributed by atoms with Crippen LogP contribution < -0.4 is 5.32 Å². The van der Waals surface area contributed by atoms with Gasteiger partial charge in [0, 0.05) is 25.2 Å². The molecular formula is C17H36N2O3Si. The highest BCUT2D eigenvalue weighted by Gasteiger charge is 2.39. The number of hydrogen-bond donors (Lipinski definition) is 1. The third-order valence-corrected chi connectivity index (χ3v) is 9.23. The zero-order chi connectivity index (χ0) is 18.1. The molecule has 0 aromatic rings. The Morgan fingerprint density at radius 3 is 2.26 bits per heavy atom. The summed E-state index contributed by atoms with van der Waals surface area (Å²) in [6, 6.07) is 0.293. The van der Waals surface area contributed by atoms with Crippen LogP contribution in [0.4, 0.5) is 4.79 Å². The van der Waals surface area contributed by atoms with E-state index < -0.39 is 13.9 Å². The summed E-state index contributed by atoms with van der Waals surface area (Å²) in [5.74, 6) is 0. The van der Waals surface area contributed by atoms with Crippen molar-refractivity contribution in [3.8, 4) is 0 Å². The van der Waals surface area contributed by atoms with Crippen molar-refractivity contribution in [3.63, 3.8) is 0 Å². The molecule has 5 nitrogen and oxygen atoms in total. The molecule has 1 N–H and O–H groups in total. The first-order chi connectivity index (χ1) is 10.2. The van der Waals surface area contributed by atoms with Gasteiger partial charge in [-0.2, -0.15) is 0 Å². The normalized spacial score (nSPS) is 23.8. The maximum absolute atomic E-state index is 12.4. The van der Waals surface area contributed by atoms with Gasteiger partial charge < -0.3 is 19.4 Å². The fourth-order valence-corrected chi connectivity index (χ4v) is 3.19. The highest BCUT2D eigenvalue weighted by Crippen LogP contribution is 2.36. The second-order valence-electron chi connectivity index (χ2n) is 9.16. The molecule has 0 aromatic carbocycles. The molecule has 1 amide bonds. The van der Waals surface area contributed by atoms with E-state index in [1.165, 1.54) is 0 Å². The van der Waals surface area contributed by atoms with Crippen molar-refractivity contribution in [2.24, 2.45) is 0 Å². The van der Waals surface area contributed by atoms with E-state index in [-0.39, 0.29) is 23.2 Å². The molecule has 6 heteroatoms. The Morgan fingerprint density at radius 1 is 1.22 bits per heavy atom. The summed E-state index contributed by atoms with van der Waals surface area (Å²) in [6.07, 6.45) is -0.233. The van der Waals surface area contributed by atoms with E-state index >= 15 is 0 Å². The summed E-state index contributed by atoms with van der Waals surface area (Å²) in [7, 11) is -1.77. The van der Waals surface area contributed by atoms with Crippen LogP contribution in [0.25, 0.3) is 0 Å². The van der Waals surface area contributed by atoms with Crippen molar-refractivity contribution in [2.45, 2.75) is 84.3 Å². The van der Waals surface area contributed by atoms with Gasteiger partial charge in [0.15, 0.2) is 8.32 Å². The second-order valence-corrected chi connectivity index (χ2v) is 14.0. The topological polar surface area (TPSA) is 50.8 Å². The summed E-state index contributed by atoms with van der Waals surface area (Å²) in [4.78, 5) is 14.2. The zero-order valence-corrected chi connectivity index (χ0v) is 17.4. The molecular weight excluding hydrogens is 308 g/mol. The molecule has 0 aliphatic carbocycles. The minimum Gasteiger partial charge on any atom is -0.444 e. The summed E-state index contributed by atoms with van der Waals surface area (Å²) >= 11 is 0. The van der Waals surface area contributed by atoms with Crippen molar-refractivity contribution in [1.29, 1.82) is 0 Å². The number of hydrogen-bond acceptors (Lipinski definition) is 4. The smallest absolute Gasteiger partial charge is 0.410 e. The first-order valence-electron chi connectivity index (χ1n) is 8.60. The molecule has 0 unspecified atom stereocenters. The van der Waals surface area contributed by atoms with Gasteiger partial charge in [-0.05, 0) is 45.8 Å². The number of ether oxygens (including phenoxy) is 1. The molecule has 1 rings (SSSR count). The van der Waals surface area contributed by atoms with E-state index in [1.54, 1.807) is 0 Å². The van der Waals surface area contributed by atoms with Crippen LogP contribution >= 0.6 is 0 Å². The predicted octanol–water partition coefficient (Wildman–Crippen LogP) is 3.61. The lowest BCUT2D eigenvalue weighted by Gasteiger charge is -2.42. The van der Waals surface area contributed by atoms with Gasteiger partial charge in [0.2, 0.25) is 0 Å². The van der Waals surface area contributed by atoms with Gasteiger partial charge in [-0.15, -0.1) is 0 Å². The molecule has 2 atom stereocenters. The Hall–Kier alpha value is -0.593. The third-order valence-electron chi connectivity index (χ3n) is 4.73. The van der Waals surface area contributed by atoms with Crippen LogP contribution in [0.15, 0.2) is 0 Å². The molecule has 0 saturated carbocycles. The van der Waals surface area contributed by atoms with Crippen LogP contribution in [0, 0.1) is 0 Å². The van der Waals surface area contributed by atoms with Gasteiger partial charge >= 0.3 is 6.09 Å². The predicted molar refractivity (Wildman–Crippen MR) is 97.3 cm³/mol. The minimum absolute atomic E-state index is 0.133. The number of piperazine rings is 1. The van der Waals surface area contributed by atoms with Crippen molar-refractivity contribution in [3.05, 3.63) is 0 Å². The number of nitrogens with zero attached hydrogens (tertiary/aromatic N) is 1. The highest BCUT2D eigenvalue weighted by atomic mass is 28.4. The van der Waals surface area contributed by atoms with E-state index in [1.807, 2.05) is 32.6 Å². The molecule has 0 bridgehead atoms. The number of carbonyl (C=O) groups excluding carboxylic acids is 1. The average Bonchev–Trinajstić information content (AvgIpc) is 2.34. The fourth-order valence-electron chi connectivity index (χ4n) is 2.14. The summed E-state index contributed by atoms with van der Waals surface area (Å²) in [5.41, 5.74) is -0.463. The van der Waals surface area contributed by atoms with Crippen molar-refractivity contribution in [2.75, 3.05) is 19.7 Å². The van der Waals surface area contributed by atoms with Gasteiger partial charge in [0.1, 0.15) is 5.60 Å². The Labute approximate surface area is 143 Å². The summed E-state index contributed by atoms with van der Waals surface area (Å²) < 4.78 is 11.8. The van der Waals surface area contributed by atoms with E-state index in [2.05, 4.69) is 39.2 Å². The Morgan fingerprint density at radius 2 is 1.78 bits per heavy atom. The van der Waals surface area contributed by atoms with Gasteiger partial charge in [-0.1, -0.05) is 20.8 Å². The number of nitrogens with one attached hydrogen (secondary N) is 1. The van der Waals surface area contributed by atoms with Crippen LogP contribution in [0.2, 0.25) is 18.1 Å². The monoisotopic (exact) mass is 344 g/mol. The SMILES string of the molecule is C[C@@H]1CN[C@@H](CO[Si](C)(C)C(C)(C)C)CN1C(=O)OC(C)(C)C. The van der Waals surface area contributed by atoms with Gasteiger partial charge in [0.05, 0.1) is 6.61 Å². The molecule has 0 aromatic heterocycles. The fraction of sp³-hybridized carbons (Fsp3) is 0.941. The number of carbonyl (C=O) groups is 1. The zero-order valence-electron chi connectivity index (χ0n) is 16.4. The summed E-state index contributed by atoms with van der Waals surface area (Å²) in [5, 5.41) is 3.68. The van der Waals surface area contributed by atoms with Crippen molar-refractivity contribution >= 4 is 14.4 Å². The molecule has 1 saturated heterocycles. The van der Waals surface area contributed by atoms with E-state index in [0.717, 1.165) is 6.54 Å². The van der Waals surface area contributed by atoms with Gasteiger partial charge in [-0.3, -0.25) is 0 Å². The van der Waals surface area contributed by atoms with Crippen LogP contribution in [0.5, 0.6) is 0 Å². The molecule has 1 fully saturated rings. The van der Waals surface area contributed by atoms with Crippen molar-refractivity contribution in [1.82, 2.24) is 10.2 Å². The van der Waals surface area contributed by atoms with Crippen LogP contribution in [-0.4, -0.2) is 56.7 Å². The van der Waals surface area contributed by atoms with Crippen LogP contribution in [-0.2, 0) is 9.16 Å². The summed E-state index contributed by atoms with van der Waals surface area (Å²) in [6.45, 7) is 21.0. The lowest BCUT2D eigenvalue weighted by molar-refractivity contribution is 0.00717. The largest absolute Gasteiger partial charge is 0.444 e. The Kier molecular flexibility index (Phi) is 6.32. The molecule has 136 valence electrons. The average molecular weight is 345 g/mol. The lowest BCUT2D eigenvalue weighted by Crippen LogP contribution is -2.60. The Bertz CT molecular complexity index is 413. The van der Waals surface area contributed by atoms with E-state index in [9.17, 15) is 4.79 Å². The molecule has 0 spiro atoms. The molecule has 0 radical (unpaired) electrons. The third kappa shape index (κ3) is 6.08. The second kappa shape index (κ2) is 7.11. The first-order valence-corrected chi connectivity index (χ1v) is 11.5. The number of amides is 1. The minimum atomic E-state index is -1.77. The van der Waals surface area contributed by atoms with E-state index in [4.69, 9.17) is 9.16 Å². The van der Waals surface area contributed by atoms with Crippen LogP contribution in [0.1, 0.15) is 48.5 Å². The van der Waals surface area contributed by atoms with Crippen LogP contribution in [0.3, 0.4) is 0 Å². The molecule has 1 aliphatic rings. The number of rotatable bonds is 3.